The predicted molar refractivity (Wildman–Crippen MR) is 76.8 cm³/mol. The van der Waals surface area contributed by atoms with Gasteiger partial charge in [-0.05, 0) is 5.56 Å². The molecule has 1 aromatic rings. The van der Waals surface area contributed by atoms with Crippen molar-refractivity contribution in [1.82, 2.24) is 10.6 Å². The van der Waals surface area contributed by atoms with Gasteiger partial charge >= 0.3 is 11.8 Å². The van der Waals surface area contributed by atoms with Crippen LogP contribution in [-0.4, -0.2) is 59.2 Å². The number of hydrogen-bond acceptors (Lipinski definition) is 6. The minimum absolute atomic E-state index is 0.229. The van der Waals surface area contributed by atoms with E-state index < -0.39 is 49.0 Å². The van der Waals surface area contributed by atoms with Crippen molar-refractivity contribution < 1.29 is 29.3 Å². The number of ether oxygens (including phenoxy) is 2. The smallest absolute Gasteiger partial charge is 0.309 e. The molecule has 0 spiro atoms. The third-order valence-electron chi connectivity index (χ3n) is 3.98. The fraction of sp³-hybridized carbons (Fsp3) is 0.467. The van der Waals surface area contributed by atoms with Crippen LogP contribution in [0, 0.1) is 0 Å². The van der Waals surface area contributed by atoms with Crippen molar-refractivity contribution in [3.8, 4) is 0 Å². The third-order valence-corrected chi connectivity index (χ3v) is 3.98. The molecule has 0 bridgehead atoms. The highest BCUT2D eigenvalue weighted by Gasteiger charge is 2.50. The lowest BCUT2D eigenvalue weighted by Crippen LogP contribution is -2.74. The summed E-state index contributed by atoms with van der Waals surface area (Å²) in [5.74, 6) is -1.64. The van der Waals surface area contributed by atoms with E-state index in [9.17, 15) is 19.8 Å². The molecule has 3 rings (SSSR count). The van der Waals surface area contributed by atoms with E-state index in [1.807, 2.05) is 30.3 Å². The highest BCUT2D eigenvalue weighted by atomic mass is 16.7. The van der Waals surface area contributed by atoms with Crippen LogP contribution >= 0.6 is 0 Å². The molecule has 2 aliphatic rings. The average Bonchev–Trinajstić information content (AvgIpc) is 2.57. The number of aliphatic hydroxyl groups is 2. The Morgan fingerprint density at radius 1 is 1.09 bits per heavy atom. The normalized spacial score (nSPS) is 33.6. The minimum Gasteiger partial charge on any atom is -0.394 e. The monoisotopic (exact) mass is 322 g/mol. The molecule has 2 fully saturated rings. The first-order valence-corrected chi connectivity index (χ1v) is 7.31. The van der Waals surface area contributed by atoms with Crippen molar-refractivity contribution in [1.29, 1.82) is 0 Å². The van der Waals surface area contributed by atoms with Crippen LogP contribution in [0.4, 0.5) is 0 Å². The van der Waals surface area contributed by atoms with Crippen LogP contribution in [0.25, 0.3) is 0 Å². The molecule has 0 aliphatic carbocycles. The number of rotatable bonds is 4. The van der Waals surface area contributed by atoms with Gasteiger partial charge in [-0.25, -0.2) is 0 Å². The Kier molecular flexibility index (Phi) is 4.58. The molecular weight excluding hydrogens is 304 g/mol. The first-order valence-electron chi connectivity index (χ1n) is 7.31. The van der Waals surface area contributed by atoms with Crippen molar-refractivity contribution in [3.05, 3.63) is 35.9 Å². The Hall–Kier alpha value is -2.00. The second kappa shape index (κ2) is 6.63. The number of carbonyl (C=O) groups excluding carboxylic acids is 2. The Morgan fingerprint density at radius 3 is 2.39 bits per heavy atom. The summed E-state index contributed by atoms with van der Waals surface area (Å²) < 4.78 is 11.2. The molecule has 5 atom stereocenters. The topological polar surface area (TPSA) is 117 Å². The van der Waals surface area contributed by atoms with Gasteiger partial charge in [-0.1, -0.05) is 30.3 Å². The van der Waals surface area contributed by atoms with Crippen molar-refractivity contribution in [2.45, 2.75) is 37.2 Å². The average molecular weight is 322 g/mol. The number of benzene rings is 1. The molecule has 124 valence electrons. The number of nitrogens with one attached hydrogen (secondary N) is 2. The van der Waals surface area contributed by atoms with Gasteiger partial charge in [-0.3, -0.25) is 9.59 Å². The van der Waals surface area contributed by atoms with Crippen molar-refractivity contribution in [2.75, 3.05) is 6.61 Å². The number of fused-ring (bicyclic) bond motifs is 1. The molecular formula is C15H18N2O6. The number of hydrogen-bond donors (Lipinski definition) is 4. The first-order chi connectivity index (χ1) is 11.1. The van der Waals surface area contributed by atoms with Gasteiger partial charge in [0.25, 0.3) is 0 Å². The summed E-state index contributed by atoms with van der Waals surface area (Å²) in [5.41, 5.74) is 0.908. The van der Waals surface area contributed by atoms with E-state index in [1.54, 1.807) is 0 Å². The van der Waals surface area contributed by atoms with Crippen LogP contribution in [-0.2, 0) is 25.7 Å². The maximum Gasteiger partial charge on any atom is 0.309 e. The summed E-state index contributed by atoms with van der Waals surface area (Å²) in [6.45, 7) is -0.202. The van der Waals surface area contributed by atoms with E-state index in [0.29, 0.717) is 0 Å². The zero-order chi connectivity index (χ0) is 16.4. The molecule has 0 saturated carbocycles. The molecule has 0 unspecified atom stereocenters. The number of carbonyl (C=O) groups is 2. The van der Waals surface area contributed by atoms with Gasteiger partial charge in [0, 0.05) is 0 Å². The summed E-state index contributed by atoms with van der Waals surface area (Å²) in [4.78, 5) is 23.1. The Morgan fingerprint density at radius 2 is 1.74 bits per heavy atom. The molecule has 4 N–H and O–H groups in total. The van der Waals surface area contributed by atoms with E-state index in [0.717, 1.165) is 5.56 Å². The van der Waals surface area contributed by atoms with Gasteiger partial charge in [0.05, 0.1) is 19.3 Å². The van der Waals surface area contributed by atoms with E-state index in [4.69, 9.17) is 9.47 Å². The summed E-state index contributed by atoms with van der Waals surface area (Å²) in [7, 11) is 0. The van der Waals surface area contributed by atoms with Gasteiger partial charge in [-0.15, -0.1) is 0 Å². The summed E-state index contributed by atoms with van der Waals surface area (Å²) in [6, 6.07) is 7.84. The van der Waals surface area contributed by atoms with Crippen LogP contribution < -0.4 is 10.6 Å². The molecule has 8 nitrogen and oxygen atoms in total. The fourth-order valence-corrected chi connectivity index (χ4v) is 2.76. The van der Waals surface area contributed by atoms with E-state index in [-0.39, 0.29) is 6.61 Å². The molecule has 2 amide bonds. The summed E-state index contributed by atoms with van der Waals surface area (Å²) in [5, 5.41) is 24.4. The van der Waals surface area contributed by atoms with E-state index in [1.165, 1.54) is 0 Å². The Bertz CT molecular complexity index is 581. The number of amides is 2. The number of piperazine rings is 1. The summed E-state index contributed by atoms with van der Waals surface area (Å²) in [6.07, 6.45) is -2.95. The molecule has 0 radical (unpaired) electrons. The maximum absolute atomic E-state index is 11.6. The van der Waals surface area contributed by atoms with Crippen LogP contribution in [0.5, 0.6) is 0 Å². The zero-order valence-electron chi connectivity index (χ0n) is 12.2. The SMILES string of the molecule is O=C1N[C@H]2[C@@H](OCc3ccccc3)O[C@H](CO)[C@@H](O)[C@@H]2NC1=O. The molecule has 8 heteroatoms. The third kappa shape index (κ3) is 3.20. The minimum atomic E-state index is -1.15. The fourth-order valence-electron chi connectivity index (χ4n) is 2.76. The van der Waals surface area contributed by atoms with Gasteiger partial charge in [0.2, 0.25) is 0 Å². The van der Waals surface area contributed by atoms with Crippen molar-refractivity contribution >= 4 is 11.8 Å². The Labute approximate surface area is 132 Å². The molecule has 0 aromatic heterocycles. The van der Waals surface area contributed by atoms with E-state index >= 15 is 0 Å². The first kappa shape index (κ1) is 15.9. The van der Waals surface area contributed by atoms with Crippen LogP contribution in [0.3, 0.4) is 0 Å². The zero-order valence-corrected chi connectivity index (χ0v) is 12.2. The predicted octanol–water partition coefficient (Wildman–Crippen LogP) is -1.74. The highest BCUT2D eigenvalue weighted by molar-refractivity contribution is 6.35. The van der Waals surface area contributed by atoms with Gasteiger partial charge < -0.3 is 30.3 Å². The second-order valence-corrected chi connectivity index (χ2v) is 5.51. The lowest BCUT2D eigenvalue weighted by Gasteiger charge is -2.46. The number of aliphatic hydroxyl groups excluding tert-OH is 2. The molecule has 2 aliphatic heterocycles. The lowest BCUT2D eigenvalue weighted by molar-refractivity contribution is -0.255. The molecule has 1 aromatic carbocycles. The molecule has 2 saturated heterocycles. The molecule has 2 heterocycles. The highest BCUT2D eigenvalue weighted by Crippen LogP contribution is 2.24. The van der Waals surface area contributed by atoms with Crippen LogP contribution in [0.2, 0.25) is 0 Å². The second-order valence-electron chi connectivity index (χ2n) is 5.51. The summed E-state index contributed by atoms with van der Waals surface area (Å²) >= 11 is 0. The molecule has 23 heavy (non-hydrogen) atoms. The van der Waals surface area contributed by atoms with Gasteiger partial charge in [-0.2, -0.15) is 0 Å². The van der Waals surface area contributed by atoms with Crippen molar-refractivity contribution in [2.24, 2.45) is 0 Å². The van der Waals surface area contributed by atoms with Crippen LogP contribution in [0.1, 0.15) is 5.56 Å². The lowest BCUT2D eigenvalue weighted by atomic mass is 9.92. The van der Waals surface area contributed by atoms with Gasteiger partial charge in [0.1, 0.15) is 18.2 Å². The van der Waals surface area contributed by atoms with Crippen molar-refractivity contribution in [3.63, 3.8) is 0 Å². The Balaban J connectivity index is 1.74. The maximum atomic E-state index is 11.6. The standard InChI is InChI=1S/C15H18N2O6/c18-6-9-12(19)10-11(17-14(21)13(20)16-10)15(23-9)22-7-8-4-2-1-3-5-8/h1-5,9-12,15,18-19H,6-7H2,(H,16,20)(H,17,21)/t9-,10-,11-,12-,15+/m1/s1. The van der Waals surface area contributed by atoms with E-state index in [2.05, 4.69) is 10.6 Å². The van der Waals surface area contributed by atoms with Gasteiger partial charge in [0.15, 0.2) is 6.29 Å². The van der Waals surface area contributed by atoms with Crippen LogP contribution in [0.15, 0.2) is 30.3 Å². The quantitative estimate of drug-likeness (QED) is 0.489. The largest absolute Gasteiger partial charge is 0.394 e.